The molecule has 1 aliphatic heterocycles. The zero-order chi connectivity index (χ0) is 13.0. The molecule has 1 heterocycles. The maximum absolute atomic E-state index is 11.2. The lowest BCUT2D eigenvalue weighted by atomic mass is 10.2. The third-order valence-corrected chi connectivity index (χ3v) is 2.77. The fourth-order valence-electron chi connectivity index (χ4n) is 1.73. The minimum Gasteiger partial charge on any atom is -0.486 e. The van der Waals surface area contributed by atoms with E-state index in [4.69, 9.17) is 9.47 Å². The number of nitrogens with one attached hydrogen (secondary N) is 1. The van der Waals surface area contributed by atoms with E-state index in [1.54, 1.807) is 6.92 Å². The number of benzene rings is 1. The highest BCUT2D eigenvalue weighted by molar-refractivity contribution is 5.75. The zero-order valence-electron chi connectivity index (χ0n) is 10.5. The highest BCUT2D eigenvalue weighted by atomic mass is 16.6. The van der Waals surface area contributed by atoms with Gasteiger partial charge >= 0.3 is 5.97 Å². The molecule has 2 atom stereocenters. The van der Waals surface area contributed by atoms with Crippen LogP contribution in [-0.2, 0) is 9.53 Å². The van der Waals surface area contributed by atoms with Crippen LogP contribution in [-0.4, -0.2) is 38.4 Å². The van der Waals surface area contributed by atoms with Gasteiger partial charge in [-0.3, -0.25) is 4.79 Å². The Morgan fingerprint density at radius 3 is 2.94 bits per heavy atom. The average molecular weight is 251 g/mol. The van der Waals surface area contributed by atoms with Gasteiger partial charge in [0.15, 0.2) is 11.5 Å². The van der Waals surface area contributed by atoms with Gasteiger partial charge in [-0.1, -0.05) is 12.1 Å². The number of carbonyl (C=O) groups is 1. The van der Waals surface area contributed by atoms with E-state index in [9.17, 15) is 4.79 Å². The third-order valence-electron chi connectivity index (χ3n) is 2.77. The molecule has 0 aromatic heterocycles. The Kier molecular flexibility index (Phi) is 4.04. The van der Waals surface area contributed by atoms with Gasteiger partial charge < -0.3 is 19.5 Å². The molecule has 1 aromatic rings. The number of carbonyl (C=O) groups excluding carboxylic acids is 1. The highest BCUT2D eigenvalue weighted by Crippen LogP contribution is 2.30. The smallest absolute Gasteiger partial charge is 0.322 e. The molecule has 0 saturated carbocycles. The van der Waals surface area contributed by atoms with Crippen molar-refractivity contribution in [3.05, 3.63) is 24.3 Å². The van der Waals surface area contributed by atoms with Gasteiger partial charge in [0.1, 0.15) is 18.8 Å². The SMILES string of the molecule is COC(=O)C(C)NCC1COc2ccccc2O1. The van der Waals surface area contributed by atoms with Crippen LogP contribution >= 0.6 is 0 Å². The molecule has 18 heavy (non-hydrogen) atoms. The summed E-state index contributed by atoms with van der Waals surface area (Å²) in [6.45, 7) is 2.76. The van der Waals surface area contributed by atoms with Crippen molar-refractivity contribution in [1.29, 1.82) is 0 Å². The molecule has 0 spiro atoms. The fourth-order valence-corrected chi connectivity index (χ4v) is 1.73. The Hall–Kier alpha value is -1.75. The summed E-state index contributed by atoms with van der Waals surface area (Å²) in [6.07, 6.45) is -0.105. The van der Waals surface area contributed by atoms with Crippen LogP contribution in [0.1, 0.15) is 6.92 Å². The molecule has 5 heteroatoms. The van der Waals surface area contributed by atoms with Gasteiger partial charge in [-0.2, -0.15) is 0 Å². The summed E-state index contributed by atoms with van der Waals surface area (Å²) in [5.74, 6) is 1.21. The van der Waals surface area contributed by atoms with E-state index in [2.05, 4.69) is 10.1 Å². The zero-order valence-corrected chi connectivity index (χ0v) is 10.5. The van der Waals surface area contributed by atoms with Gasteiger partial charge in [0.05, 0.1) is 7.11 Å². The molecule has 0 saturated heterocycles. The summed E-state index contributed by atoms with van der Waals surface area (Å²) in [5, 5.41) is 3.05. The van der Waals surface area contributed by atoms with Crippen molar-refractivity contribution in [2.45, 2.75) is 19.1 Å². The topological polar surface area (TPSA) is 56.8 Å². The first-order valence-corrected chi connectivity index (χ1v) is 5.90. The molecule has 98 valence electrons. The molecular weight excluding hydrogens is 234 g/mol. The molecule has 5 nitrogen and oxygen atoms in total. The maximum Gasteiger partial charge on any atom is 0.322 e. The van der Waals surface area contributed by atoms with E-state index in [1.807, 2.05) is 24.3 Å². The van der Waals surface area contributed by atoms with Crippen molar-refractivity contribution >= 4 is 5.97 Å². The second kappa shape index (κ2) is 5.73. The molecule has 0 amide bonds. The van der Waals surface area contributed by atoms with Crippen LogP contribution in [0.4, 0.5) is 0 Å². The van der Waals surface area contributed by atoms with Crippen molar-refractivity contribution in [3.8, 4) is 11.5 Å². The number of rotatable bonds is 4. The molecule has 2 unspecified atom stereocenters. The van der Waals surface area contributed by atoms with Crippen molar-refractivity contribution < 1.29 is 19.0 Å². The summed E-state index contributed by atoms with van der Waals surface area (Å²) in [4.78, 5) is 11.2. The maximum atomic E-state index is 11.2. The van der Waals surface area contributed by atoms with Crippen molar-refractivity contribution in [1.82, 2.24) is 5.32 Å². The Morgan fingerprint density at radius 1 is 1.50 bits per heavy atom. The van der Waals surface area contributed by atoms with Crippen LogP contribution < -0.4 is 14.8 Å². The van der Waals surface area contributed by atoms with E-state index in [0.717, 1.165) is 11.5 Å². The number of fused-ring (bicyclic) bond motifs is 1. The highest BCUT2D eigenvalue weighted by Gasteiger charge is 2.22. The Bertz CT molecular complexity index is 421. The van der Waals surface area contributed by atoms with E-state index in [-0.39, 0.29) is 18.1 Å². The van der Waals surface area contributed by atoms with Gasteiger partial charge in [-0.25, -0.2) is 0 Å². The quantitative estimate of drug-likeness (QED) is 0.808. The van der Waals surface area contributed by atoms with Crippen LogP contribution in [0.2, 0.25) is 0 Å². The van der Waals surface area contributed by atoms with Crippen LogP contribution in [0.15, 0.2) is 24.3 Å². The van der Waals surface area contributed by atoms with Crippen LogP contribution in [0.3, 0.4) is 0 Å². The Labute approximate surface area is 106 Å². The second-order valence-corrected chi connectivity index (χ2v) is 4.15. The second-order valence-electron chi connectivity index (χ2n) is 4.15. The molecule has 0 radical (unpaired) electrons. The summed E-state index contributed by atoms with van der Waals surface area (Å²) in [6, 6.07) is 7.19. The minimum atomic E-state index is -0.351. The van der Waals surface area contributed by atoms with E-state index < -0.39 is 0 Å². The Morgan fingerprint density at radius 2 is 2.22 bits per heavy atom. The molecular formula is C13H17NO4. The molecule has 0 fully saturated rings. The summed E-state index contributed by atoms with van der Waals surface area (Å²) in [5.41, 5.74) is 0. The van der Waals surface area contributed by atoms with Crippen LogP contribution in [0.5, 0.6) is 11.5 Å². The first-order chi connectivity index (χ1) is 8.70. The van der Waals surface area contributed by atoms with Gasteiger partial charge in [0.25, 0.3) is 0 Å². The number of ether oxygens (including phenoxy) is 3. The number of methoxy groups -OCH3 is 1. The molecule has 1 N–H and O–H groups in total. The van der Waals surface area contributed by atoms with Gasteiger partial charge in [-0.15, -0.1) is 0 Å². The van der Waals surface area contributed by atoms with Crippen molar-refractivity contribution in [3.63, 3.8) is 0 Å². The third kappa shape index (κ3) is 2.92. The molecule has 0 aliphatic carbocycles. The van der Waals surface area contributed by atoms with Gasteiger partial charge in [0, 0.05) is 6.54 Å². The number of para-hydroxylation sites is 2. The molecule has 2 rings (SSSR count). The van der Waals surface area contributed by atoms with Gasteiger partial charge in [0.2, 0.25) is 0 Å². The average Bonchev–Trinajstić information content (AvgIpc) is 2.43. The normalized spacial score (nSPS) is 19.1. The summed E-state index contributed by atoms with van der Waals surface area (Å²) >= 11 is 0. The standard InChI is InChI=1S/C13H17NO4/c1-9(13(15)16-2)14-7-10-8-17-11-5-3-4-6-12(11)18-10/h3-6,9-10,14H,7-8H2,1-2H3. The van der Waals surface area contributed by atoms with Gasteiger partial charge in [-0.05, 0) is 19.1 Å². The lowest BCUT2D eigenvalue weighted by Crippen LogP contribution is -2.44. The van der Waals surface area contributed by atoms with Crippen LogP contribution in [0.25, 0.3) is 0 Å². The predicted octanol–water partition coefficient (Wildman–Crippen LogP) is 0.977. The number of esters is 1. The summed E-state index contributed by atoms with van der Waals surface area (Å²) in [7, 11) is 1.37. The fraction of sp³-hybridized carbons (Fsp3) is 0.462. The Balaban J connectivity index is 1.85. The van der Waals surface area contributed by atoms with E-state index >= 15 is 0 Å². The monoisotopic (exact) mass is 251 g/mol. The molecule has 0 bridgehead atoms. The van der Waals surface area contributed by atoms with E-state index in [0.29, 0.717) is 13.2 Å². The lowest BCUT2D eigenvalue weighted by Gasteiger charge is -2.27. The molecule has 1 aromatic carbocycles. The van der Waals surface area contributed by atoms with Crippen LogP contribution in [0, 0.1) is 0 Å². The number of hydrogen-bond acceptors (Lipinski definition) is 5. The number of hydrogen-bond donors (Lipinski definition) is 1. The largest absolute Gasteiger partial charge is 0.486 e. The molecule has 1 aliphatic rings. The van der Waals surface area contributed by atoms with Crippen molar-refractivity contribution in [2.24, 2.45) is 0 Å². The summed E-state index contributed by atoms with van der Waals surface area (Å²) < 4.78 is 16.0. The van der Waals surface area contributed by atoms with Crippen molar-refractivity contribution in [2.75, 3.05) is 20.3 Å². The van der Waals surface area contributed by atoms with E-state index in [1.165, 1.54) is 7.11 Å². The first kappa shape index (κ1) is 12.7. The lowest BCUT2D eigenvalue weighted by molar-refractivity contribution is -0.142. The first-order valence-electron chi connectivity index (χ1n) is 5.90. The predicted molar refractivity (Wildman–Crippen MR) is 65.8 cm³/mol. The minimum absolute atomic E-state index is 0.105.